The Bertz CT molecular complexity index is 328. The first kappa shape index (κ1) is 11.3. The molecule has 0 aliphatic rings. The lowest BCUT2D eigenvalue weighted by molar-refractivity contribution is 0.368. The van der Waals surface area contributed by atoms with E-state index in [4.69, 9.17) is 10.5 Å². The van der Waals surface area contributed by atoms with Gasteiger partial charge in [-0.1, -0.05) is 22.9 Å². The highest BCUT2D eigenvalue weighted by atomic mass is 79.9. The summed E-state index contributed by atoms with van der Waals surface area (Å²) in [4.78, 5) is 0. The molecule has 78 valence electrons. The van der Waals surface area contributed by atoms with Crippen molar-refractivity contribution in [3.63, 3.8) is 0 Å². The fourth-order valence-corrected chi connectivity index (χ4v) is 1.90. The Balaban J connectivity index is 3.25. The summed E-state index contributed by atoms with van der Waals surface area (Å²) in [5.41, 5.74) is 6.57. The van der Waals surface area contributed by atoms with Crippen LogP contribution in [0.4, 0.5) is 0 Å². The zero-order valence-corrected chi connectivity index (χ0v) is 9.84. The standard InChI is InChI=1S/C10H14BrNO2/c1-3-7(12)9-6(11)4-5-8(14-2)10(9)13/h4-5,7,13H,3,12H2,1-2H3. The normalized spacial score (nSPS) is 12.6. The predicted molar refractivity (Wildman–Crippen MR) is 59.6 cm³/mol. The number of phenolic OH excluding ortho intramolecular Hbond substituents is 1. The zero-order chi connectivity index (χ0) is 10.7. The van der Waals surface area contributed by atoms with E-state index in [1.54, 1.807) is 6.07 Å². The molecule has 0 bridgehead atoms. The lowest BCUT2D eigenvalue weighted by Gasteiger charge is -2.15. The number of ether oxygens (including phenoxy) is 1. The molecule has 0 aliphatic carbocycles. The summed E-state index contributed by atoms with van der Waals surface area (Å²) in [5, 5.41) is 9.84. The van der Waals surface area contributed by atoms with E-state index in [-0.39, 0.29) is 11.8 Å². The van der Waals surface area contributed by atoms with Gasteiger partial charge in [-0.2, -0.15) is 0 Å². The van der Waals surface area contributed by atoms with Crippen LogP contribution in [0.2, 0.25) is 0 Å². The molecular weight excluding hydrogens is 246 g/mol. The first-order valence-corrected chi connectivity index (χ1v) is 5.22. The summed E-state index contributed by atoms with van der Waals surface area (Å²) in [6.07, 6.45) is 0.763. The molecule has 1 atom stereocenters. The predicted octanol–water partition coefficient (Wildman–Crippen LogP) is 2.57. The molecule has 0 saturated heterocycles. The number of halogens is 1. The van der Waals surface area contributed by atoms with Crippen molar-refractivity contribution < 1.29 is 9.84 Å². The van der Waals surface area contributed by atoms with Crippen LogP contribution in [0.1, 0.15) is 24.9 Å². The molecule has 3 N–H and O–H groups in total. The van der Waals surface area contributed by atoms with Crippen molar-refractivity contribution in [2.75, 3.05) is 7.11 Å². The van der Waals surface area contributed by atoms with Gasteiger partial charge in [0.25, 0.3) is 0 Å². The fourth-order valence-electron chi connectivity index (χ4n) is 1.28. The number of nitrogens with two attached hydrogens (primary N) is 1. The van der Waals surface area contributed by atoms with Gasteiger partial charge in [-0.3, -0.25) is 0 Å². The Kier molecular flexibility index (Phi) is 3.77. The molecule has 0 amide bonds. The number of phenols is 1. The first-order chi connectivity index (χ1) is 6.61. The van der Waals surface area contributed by atoms with Crippen LogP contribution in [0.3, 0.4) is 0 Å². The maximum atomic E-state index is 9.84. The van der Waals surface area contributed by atoms with Crippen LogP contribution >= 0.6 is 15.9 Å². The van der Waals surface area contributed by atoms with Crippen LogP contribution in [-0.4, -0.2) is 12.2 Å². The van der Waals surface area contributed by atoms with E-state index in [0.717, 1.165) is 10.9 Å². The largest absolute Gasteiger partial charge is 0.504 e. The van der Waals surface area contributed by atoms with Gasteiger partial charge in [0.1, 0.15) is 0 Å². The van der Waals surface area contributed by atoms with Gasteiger partial charge in [0.2, 0.25) is 0 Å². The number of hydrogen-bond acceptors (Lipinski definition) is 3. The number of aromatic hydroxyl groups is 1. The lowest BCUT2D eigenvalue weighted by Crippen LogP contribution is -2.10. The average Bonchev–Trinajstić information content (AvgIpc) is 2.18. The maximum absolute atomic E-state index is 9.84. The fraction of sp³-hybridized carbons (Fsp3) is 0.400. The minimum absolute atomic E-state index is 0.122. The Morgan fingerprint density at radius 3 is 2.71 bits per heavy atom. The van der Waals surface area contributed by atoms with Crippen LogP contribution < -0.4 is 10.5 Å². The molecule has 1 rings (SSSR count). The summed E-state index contributed by atoms with van der Waals surface area (Å²) >= 11 is 3.36. The number of hydrogen-bond donors (Lipinski definition) is 2. The quantitative estimate of drug-likeness (QED) is 0.878. The second-order valence-corrected chi connectivity index (χ2v) is 3.88. The molecule has 0 spiro atoms. The van der Waals surface area contributed by atoms with Crippen molar-refractivity contribution in [3.8, 4) is 11.5 Å². The molecule has 0 fully saturated rings. The summed E-state index contributed by atoms with van der Waals surface area (Å²) in [7, 11) is 1.52. The van der Waals surface area contributed by atoms with Crippen LogP contribution in [-0.2, 0) is 0 Å². The van der Waals surface area contributed by atoms with E-state index in [9.17, 15) is 5.11 Å². The van der Waals surface area contributed by atoms with Crippen molar-refractivity contribution in [1.29, 1.82) is 0 Å². The third-order valence-electron chi connectivity index (χ3n) is 2.16. The minimum atomic E-state index is -0.181. The molecule has 1 unspecified atom stereocenters. The van der Waals surface area contributed by atoms with Crippen molar-refractivity contribution in [1.82, 2.24) is 0 Å². The number of methoxy groups -OCH3 is 1. The van der Waals surface area contributed by atoms with E-state index in [2.05, 4.69) is 15.9 Å². The van der Waals surface area contributed by atoms with E-state index < -0.39 is 0 Å². The van der Waals surface area contributed by atoms with Gasteiger partial charge >= 0.3 is 0 Å². The van der Waals surface area contributed by atoms with Crippen molar-refractivity contribution >= 4 is 15.9 Å². The molecule has 0 radical (unpaired) electrons. The molecule has 0 aromatic heterocycles. The van der Waals surface area contributed by atoms with Gasteiger partial charge in [0.15, 0.2) is 11.5 Å². The maximum Gasteiger partial charge on any atom is 0.163 e. The van der Waals surface area contributed by atoms with E-state index >= 15 is 0 Å². The summed E-state index contributed by atoms with van der Waals surface area (Å²) < 4.78 is 5.82. The average molecular weight is 260 g/mol. The Morgan fingerprint density at radius 1 is 1.57 bits per heavy atom. The van der Waals surface area contributed by atoms with E-state index in [1.165, 1.54) is 7.11 Å². The topological polar surface area (TPSA) is 55.5 Å². The molecule has 3 nitrogen and oxygen atoms in total. The smallest absolute Gasteiger partial charge is 0.163 e. The van der Waals surface area contributed by atoms with Crippen molar-refractivity contribution in [2.24, 2.45) is 5.73 Å². The minimum Gasteiger partial charge on any atom is -0.504 e. The van der Waals surface area contributed by atoms with Crippen LogP contribution in [0.25, 0.3) is 0 Å². The third kappa shape index (κ3) is 2.01. The molecule has 1 aromatic rings. The Hall–Kier alpha value is -0.740. The van der Waals surface area contributed by atoms with Gasteiger partial charge in [-0.05, 0) is 18.6 Å². The van der Waals surface area contributed by atoms with Crippen molar-refractivity contribution in [3.05, 3.63) is 22.2 Å². The highest BCUT2D eigenvalue weighted by molar-refractivity contribution is 9.10. The monoisotopic (exact) mass is 259 g/mol. The molecule has 1 aromatic carbocycles. The van der Waals surface area contributed by atoms with Gasteiger partial charge in [-0.15, -0.1) is 0 Å². The SMILES string of the molecule is CCC(N)c1c(Br)ccc(OC)c1O. The second kappa shape index (κ2) is 4.66. The first-order valence-electron chi connectivity index (χ1n) is 4.42. The summed E-state index contributed by atoms with van der Waals surface area (Å²) in [5.74, 6) is 0.573. The molecule has 0 aliphatic heterocycles. The Morgan fingerprint density at radius 2 is 2.21 bits per heavy atom. The number of rotatable bonds is 3. The second-order valence-electron chi connectivity index (χ2n) is 3.03. The summed E-state index contributed by atoms with van der Waals surface area (Å²) in [6.45, 7) is 1.97. The third-order valence-corrected chi connectivity index (χ3v) is 2.85. The zero-order valence-electron chi connectivity index (χ0n) is 8.25. The Labute approximate surface area is 92.0 Å². The number of benzene rings is 1. The van der Waals surface area contributed by atoms with Crippen LogP contribution in [0.5, 0.6) is 11.5 Å². The van der Waals surface area contributed by atoms with E-state index in [1.807, 2.05) is 13.0 Å². The lowest BCUT2D eigenvalue weighted by atomic mass is 10.0. The van der Waals surface area contributed by atoms with Crippen LogP contribution in [0.15, 0.2) is 16.6 Å². The molecular formula is C10H14BrNO2. The van der Waals surface area contributed by atoms with E-state index in [0.29, 0.717) is 11.3 Å². The summed E-state index contributed by atoms with van der Waals surface area (Å²) in [6, 6.07) is 3.34. The molecule has 0 saturated carbocycles. The van der Waals surface area contributed by atoms with Gasteiger partial charge in [0, 0.05) is 16.1 Å². The van der Waals surface area contributed by atoms with Gasteiger partial charge in [-0.25, -0.2) is 0 Å². The van der Waals surface area contributed by atoms with Gasteiger partial charge in [0.05, 0.1) is 7.11 Å². The highest BCUT2D eigenvalue weighted by Crippen LogP contribution is 2.38. The molecule has 14 heavy (non-hydrogen) atoms. The van der Waals surface area contributed by atoms with Crippen LogP contribution in [0, 0.1) is 0 Å². The molecule has 0 heterocycles. The van der Waals surface area contributed by atoms with Crippen molar-refractivity contribution in [2.45, 2.75) is 19.4 Å². The highest BCUT2D eigenvalue weighted by Gasteiger charge is 2.16. The molecule has 4 heteroatoms. The van der Waals surface area contributed by atoms with Gasteiger partial charge < -0.3 is 15.6 Å².